The Labute approximate surface area is 139 Å². The van der Waals surface area contributed by atoms with Crippen LogP contribution in [0, 0.1) is 11.3 Å². The third-order valence-corrected chi connectivity index (χ3v) is 2.84. The molecule has 0 aliphatic heterocycles. The highest BCUT2D eigenvalue weighted by molar-refractivity contribution is 5.91. The molecule has 0 saturated heterocycles. The normalized spacial score (nSPS) is 13.4. The average Bonchev–Trinajstić information content (AvgIpc) is 2.31. The van der Waals surface area contributed by atoms with E-state index >= 15 is 0 Å². The molecule has 0 aliphatic rings. The lowest BCUT2D eigenvalue weighted by atomic mass is 9.94. The van der Waals surface area contributed by atoms with Gasteiger partial charge < -0.3 is 15.4 Å². The van der Waals surface area contributed by atoms with Crippen LogP contribution in [0.1, 0.15) is 61.8 Å². The Morgan fingerprint density at radius 3 is 1.91 bits per heavy atom. The maximum absolute atomic E-state index is 12.3. The second-order valence-electron chi connectivity index (χ2n) is 8.21. The molecule has 2 amide bonds. The molecule has 134 valence electrons. The van der Waals surface area contributed by atoms with E-state index in [9.17, 15) is 14.4 Å². The number of carbonyl (C=O) groups is 3. The first-order valence-electron chi connectivity index (χ1n) is 8.03. The molecule has 6 nitrogen and oxygen atoms in total. The van der Waals surface area contributed by atoms with E-state index in [1.807, 2.05) is 13.8 Å². The predicted octanol–water partition coefficient (Wildman–Crippen LogP) is 2.02. The molecule has 0 spiro atoms. The summed E-state index contributed by atoms with van der Waals surface area (Å²) >= 11 is 0. The lowest BCUT2D eigenvalue weighted by Gasteiger charge is -2.25. The van der Waals surface area contributed by atoms with Crippen LogP contribution in [0.4, 0.5) is 0 Å². The summed E-state index contributed by atoms with van der Waals surface area (Å²) in [6.07, 6.45) is 0.502. The Hall–Kier alpha value is -1.59. The lowest BCUT2D eigenvalue weighted by Crippen LogP contribution is -2.51. The first-order chi connectivity index (χ1) is 10.2. The van der Waals surface area contributed by atoms with E-state index in [1.165, 1.54) is 0 Å². The zero-order valence-corrected chi connectivity index (χ0v) is 15.7. The summed E-state index contributed by atoms with van der Waals surface area (Å²) in [6.45, 7) is 14.4. The van der Waals surface area contributed by atoms with Gasteiger partial charge in [0, 0.05) is 5.41 Å². The van der Waals surface area contributed by atoms with Crippen molar-refractivity contribution in [3.63, 3.8) is 0 Å². The monoisotopic (exact) mass is 328 g/mol. The molecule has 0 aromatic carbocycles. The molecule has 0 unspecified atom stereocenters. The molecule has 6 heteroatoms. The molecular formula is C17H32N2O4. The maximum Gasteiger partial charge on any atom is 0.325 e. The number of hydrogen-bond donors (Lipinski definition) is 2. The van der Waals surface area contributed by atoms with Gasteiger partial charge in [-0.05, 0) is 33.1 Å². The molecule has 0 radical (unpaired) electrons. The molecule has 0 saturated carbocycles. The van der Waals surface area contributed by atoms with Crippen LogP contribution in [0.3, 0.4) is 0 Å². The van der Waals surface area contributed by atoms with Crippen molar-refractivity contribution < 1.29 is 19.1 Å². The van der Waals surface area contributed by atoms with Crippen LogP contribution in [0.25, 0.3) is 0 Å². The minimum atomic E-state index is -0.663. The Morgan fingerprint density at radius 2 is 1.52 bits per heavy atom. The minimum Gasteiger partial charge on any atom is -0.459 e. The summed E-state index contributed by atoms with van der Waals surface area (Å²) in [6, 6.07) is -0.663. The highest BCUT2D eigenvalue weighted by Crippen LogP contribution is 2.14. The van der Waals surface area contributed by atoms with E-state index in [0.29, 0.717) is 6.42 Å². The van der Waals surface area contributed by atoms with Crippen molar-refractivity contribution in [2.24, 2.45) is 11.3 Å². The topological polar surface area (TPSA) is 84.5 Å². The maximum atomic E-state index is 12.3. The van der Waals surface area contributed by atoms with Crippen molar-refractivity contribution in [2.75, 3.05) is 6.54 Å². The third-order valence-electron chi connectivity index (χ3n) is 2.84. The quantitative estimate of drug-likeness (QED) is 0.731. The molecule has 0 aromatic rings. The summed E-state index contributed by atoms with van der Waals surface area (Å²) in [5, 5.41) is 5.30. The van der Waals surface area contributed by atoms with E-state index in [4.69, 9.17) is 4.74 Å². The number of nitrogens with one attached hydrogen (secondary N) is 2. The summed E-state index contributed by atoms with van der Waals surface area (Å²) in [7, 11) is 0. The Bertz CT molecular complexity index is 431. The molecule has 0 fully saturated rings. The van der Waals surface area contributed by atoms with Gasteiger partial charge in [-0.1, -0.05) is 34.6 Å². The summed E-state index contributed by atoms with van der Waals surface area (Å²) in [5.41, 5.74) is -1.18. The van der Waals surface area contributed by atoms with Gasteiger partial charge in [0.25, 0.3) is 0 Å². The second-order valence-corrected chi connectivity index (χ2v) is 8.21. The molecule has 0 bridgehead atoms. The number of ether oxygens (including phenoxy) is 1. The largest absolute Gasteiger partial charge is 0.459 e. The van der Waals surface area contributed by atoms with Crippen molar-refractivity contribution in [3.05, 3.63) is 0 Å². The molecule has 0 aliphatic carbocycles. The summed E-state index contributed by atoms with van der Waals surface area (Å²) < 4.78 is 5.14. The Balaban J connectivity index is 4.70. The van der Waals surface area contributed by atoms with Gasteiger partial charge in [-0.2, -0.15) is 0 Å². The molecule has 2 N–H and O–H groups in total. The third kappa shape index (κ3) is 9.92. The predicted molar refractivity (Wildman–Crippen MR) is 89.7 cm³/mol. The standard InChI is InChI=1S/C17H32N2O4/c1-11(2)9-12(19-15(22)16(3,4)5)14(21)18-10-13(20)23-17(6,7)8/h11-12H,9-10H2,1-8H3,(H,18,21)(H,19,22)/t12-/m0/s1. The van der Waals surface area contributed by atoms with Crippen LogP contribution in [0.15, 0.2) is 0 Å². The van der Waals surface area contributed by atoms with Crippen molar-refractivity contribution in [3.8, 4) is 0 Å². The zero-order valence-electron chi connectivity index (χ0n) is 15.7. The average molecular weight is 328 g/mol. The van der Waals surface area contributed by atoms with Gasteiger partial charge in [0.05, 0.1) is 0 Å². The number of hydrogen-bond acceptors (Lipinski definition) is 4. The SMILES string of the molecule is CC(C)C[C@H](NC(=O)C(C)(C)C)C(=O)NCC(=O)OC(C)(C)C. The fourth-order valence-electron chi connectivity index (χ4n) is 1.74. The summed E-state index contributed by atoms with van der Waals surface area (Å²) in [5.74, 6) is -0.846. The Kier molecular flexibility index (Phi) is 7.74. The highest BCUT2D eigenvalue weighted by Gasteiger charge is 2.28. The van der Waals surface area contributed by atoms with E-state index in [0.717, 1.165) is 0 Å². The number of esters is 1. The van der Waals surface area contributed by atoms with Crippen LogP contribution in [0.2, 0.25) is 0 Å². The van der Waals surface area contributed by atoms with Crippen LogP contribution in [0.5, 0.6) is 0 Å². The van der Waals surface area contributed by atoms with Crippen LogP contribution in [-0.4, -0.2) is 36.0 Å². The molecule has 23 heavy (non-hydrogen) atoms. The fourth-order valence-corrected chi connectivity index (χ4v) is 1.74. The zero-order chi connectivity index (χ0) is 18.4. The molecule has 0 aromatic heterocycles. The lowest BCUT2D eigenvalue weighted by molar-refractivity contribution is -0.154. The van der Waals surface area contributed by atoms with Crippen molar-refractivity contribution in [2.45, 2.75) is 73.5 Å². The first-order valence-corrected chi connectivity index (χ1v) is 8.03. The van der Waals surface area contributed by atoms with Crippen LogP contribution < -0.4 is 10.6 Å². The van der Waals surface area contributed by atoms with Gasteiger partial charge in [0.2, 0.25) is 11.8 Å². The highest BCUT2D eigenvalue weighted by atomic mass is 16.6. The number of carbonyl (C=O) groups excluding carboxylic acids is 3. The minimum absolute atomic E-state index is 0.199. The van der Waals surface area contributed by atoms with E-state index < -0.39 is 23.0 Å². The van der Waals surface area contributed by atoms with Gasteiger partial charge in [0.15, 0.2) is 0 Å². The van der Waals surface area contributed by atoms with Gasteiger partial charge in [-0.15, -0.1) is 0 Å². The van der Waals surface area contributed by atoms with Crippen LogP contribution >= 0.6 is 0 Å². The van der Waals surface area contributed by atoms with Gasteiger partial charge >= 0.3 is 5.97 Å². The molecular weight excluding hydrogens is 296 g/mol. The van der Waals surface area contributed by atoms with Crippen molar-refractivity contribution in [1.29, 1.82) is 0 Å². The smallest absolute Gasteiger partial charge is 0.325 e. The van der Waals surface area contributed by atoms with Gasteiger partial charge in [0.1, 0.15) is 18.2 Å². The van der Waals surface area contributed by atoms with Crippen LogP contribution in [-0.2, 0) is 19.1 Å². The second kappa shape index (κ2) is 8.31. The van der Waals surface area contributed by atoms with Gasteiger partial charge in [-0.25, -0.2) is 0 Å². The molecule has 0 rings (SSSR count). The number of amides is 2. The molecule has 0 heterocycles. The number of rotatable bonds is 6. The first kappa shape index (κ1) is 21.4. The summed E-state index contributed by atoms with van der Waals surface area (Å²) in [4.78, 5) is 36.0. The van der Waals surface area contributed by atoms with Gasteiger partial charge in [-0.3, -0.25) is 14.4 Å². The van der Waals surface area contributed by atoms with E-state index in [1.54, 1.807) is 41.5 Å². The Morgan fingerprint density at radius 1 is 1.00 bits per heavy atom. The van der Waals surface area contributed by atoms with E-state index in [2.05, 4.69) is 10.6 Å². The van der Waals surface area contributed by atoms with Crippen molar-refractivity contribution in [1.82, 2.24) is 10.6 Å². The van der Waals surface area contributed by atoms with Crippen molar-refractivity contribution >= 4 is 17.8 Å². The van der Waals surface area contributed by atoms with E-state index in [-0.39, 0.29) is 24.3 Å². The molecule has 1 atom stereocenters. The fraction of sp³-hybridized carbons (Fsp3) is 0.824.